The van der Waals surface area contributed by atoms with Crippen LogP contribution in [0.3, 0.4) is 0 Å². The standard InChI is InChI=1S/C16H25NO4/c18-11-15(12-19)9-5-2-6-10-17-16(20)21-13-14-7-3-1-4-8-14/h1,3-4,7-8,15,18-19H,2,5-6,9-13H2,(H,17,20). The number of aliphatic hydroxyl groups excluding tert-OH is 2. The van der Waals surface area contributed by atoms with Gasteiger partial charge in [-0.2, -0.15) is 0 Å². The fraction of sp³-hybridized carbons (Fsp3) is 0.562. The van der Waals surface area contributed by atoms with Gasteiger partial charge >= 0.3 is 6.09 Å². The van der Waals surface area contributed by atoms with E-state index < -0.39 is 6.09 Å². The van der Waals surface area contributed by atoms with Crippen LogP contribution in [0.4, 0.5) is 4.79 Å². The van der Waals surface area contributed by atoms with Crippen LogP contribution in [0.5, 0.6) is 0 Å². The molecule has 0 aliphatic heterocycles. The van der Waals surface area contributed by atoms with Crippen LogP contribution in [0, 0.1) is 5.92 Å². The van der Waals surface area contributed by atoms with Crippen LogP contribution in [0.1, 0.15) is 31.2 Å². The zero-order valence-corrected chi connectivity index (χ0v) is 12.3. The van der Waals surface area contributed by atoms with Crippen molar-refractivity contribution in [2.24, 2.45) is 5.92 Å². The minimum atomic E-state index is -0.401. The molecular weight excluding hydrogens is 270 g/mol. The molecule has 0 atom stereocenters. The molecule has 0 saturated carbocycles. The summed E-state index contributed by atoms with van der Waals surface area (Å²) in [6.07, 6.45) is 3.17. The van der Waals surface area contributed by atoms with E-state index in [0.29, 0.717) is 6.54 Å². The van der Waals surface area contributed by atoms with E-state index >= 15 is 0 Å². The molecule has 0 heterocycles. The normalized spacial score (nSPS) is 10.6. The van der Waals surface area contributed by atoms with Gasteiger partial charge in [0.1, 0.15) is 6.61 Å². The summed E-state index contributed by atoms with van der Waals surface area (Å²) in [6.45, 7) is 0.916. The molecule has 0 saturated heterocycles. The van der Waals surface area contributed by atoms with Gasteiger partial charge in [0.15, 0.2) is 0 Å². The van der Waals surface area contributed by atoms with Gasteiger partial charge in [0.2, 0.25) is 0 Å². The smallest absolute Gasteiger partial charge is 0.407 e. The van der Waals surface area contributed by atoms with Crippen molar-refractivity contribution in [2.75, 3.05) is 19.8 Å². The number of aliphatic hydroxyl groups is 2. The van der Waals surface area contributed by atoms with Crippen LogP contribution in [0.25, 0.3) is 0 Å². The van der Waals surface area contributed by atoms with Crippen LogP contribution >= 0.6 is 0 Å². The summed E-state index contributed by atoms with van der Waals surface area (Å²) in [5.74, 6) is -0.0196. The fourth-order valence-electron chi connectivity index (χ4n) is 1.94. The van der Waals surface area contributed by atoms with E-state index in [1.54, 1.807) is 0 Å². The van der Waals surface area contributed by atoms with E-state index in [1.807, 2.05) is 30.3 Å². The van der Waals surface area contributed by atoms with Gasteiger partial charge in [-0.15, -0.1) is 0 Å². The first-order valence-corrected chi connectivity index (χ1v) is 7.42. The first-order chi connectivity index (χ1) is 10.3. The molecule has 0 radical (unpaired) electrons. The van der Waals surface area contributed by atoms with Crippen molar-refractivity contribution in [1.82, 2.24) is 5.32 Å². The Morgan fingerprint density at radius 3 is 2.48 bits per heavy atom. The highest BCUT2D eigenvalue weighted by Crippen LogP contribution is 2.08. The molecule has 0 unspecified atom stereocenters. The van der Waals surface area contributed by atoms with E-state index in [9.17, 15) is 4.79 Å². The van der Waals surface area contributed by atoms with Crippen molar-refractivity contribution < 1.29 is 19.7 Å². The zero-order chi connectivity index (χ0) is 15.3. The number of carbonyl (C=O) groups excluding carboxylic acids is 1. The molecule has 1 rings (SSSR count). The number of unbranched alkanes of at least 4 members (excludes halogenated alkanes) is 2. The first kappa shape index (κ1) is 17.5. The molecule has 1 aromatic rings. The highest BCUT2D eigenvalue weighted by atomic mass is 16.5. The lowest BCUT2D eigenvalue weighted by molar-refractivity contribution is 0.138. The summed E-state index contributed by atoms with van der Waals surface area (Å²) >= 11 is 0. The topological polar surface area (TPSA) is 78.8 Å². The van der Waals surface area contributed by atoms with Crippen molar-refractivity contribution in [3.8, 4) is 0 Å². The molecule has 21 heavy (non-hydrogen) atoms. The zero-order valence-electron chi connectivity index (χ0n) is 12.3. The van der Waals surface area contributed by atoms with Crippen LogP contribution < -0.4 is 5.32 Å². The number of hydrogen-bond acceptors (Lipinski definition) is 4. The molecule has 0 spiro atoms. The second-order valence-corrected chi connectivity index (χ2v) is 5.07. The second kappa shape index (κ2) is 11.1. The monoisotopic (exact) mass is 295 g/mol. The number of carbonyl (C=O) groups is 1. The van der Waals surface area contributed by atoms with Crippen molar-refractivity contribution >= 4 is 6.09 Å². The van der Waals surface area contributed by atoms with E-state index in [0.717, 1.165) is 31.2 Å². The Bertz CT molecular complexity index is 379. The van der Waals surface area contributed by atoms with Gasteiger partial charge in [0.05, 0.1) is 0 Å². The third-order valence-electron chi connectivity index (χ3n) is 3.29. The number of benzene rings is 1. The van der Waals surface area contributed by atoms with Crippen LogP contribution in [-0.2, 0) is 11.3 Å². The number of amides is 1. The summed E-state index contributed by atoms with van der Waals surface area (Å²) in [6, 6.07) is 9.55. The van der Waals surface area contributed by atoms with E-state index in [2.05, 4.69) is 5.32 Å². The number of hydrogen-bond donors (Lipinski definition) is 3. The molecule has 0 aliphatic carbocycles. The predicted octanol–water partition coefficient (Wildman–Crippen LogP) is 2.07. The quantitative estimate of drug-likeness (QED) is 0.577. The molecule has 0 aromatic heterocycles. The first-order valence-electron chi connectivity index (χ1n) is 7.42. The summed E-state index contributed by atoms with van der Waals surface area (Å²) in [7, 11) is 0. The Kier molecular flexibility index (Phi) is 9.24. The number of ether oxygens (including phenoxy) is 1. The Hall–Kier alpha value is -1.59. The Morgan fingerprint density at radius 2 is 1.81 bits per heavy atom. The van der Waals surface area contributed by atoms with Gasteiger partial charge in [-0.05, 0) is 18.4 Å². The minimum Gasteiger partial charge on any atom is -0.445 e. The van der Waals surface area contributed by atoms with Gasteiger partial charge in [0.25, 0.3) is 0 Å². The molecule has 3 N–H and O–H groups in total. The van der Waals surface area contributed by atoms with Crippen LogP contribution in [0.2, 0.25) is 0 Å². The summed E-state index contributed by atoms with van der Waals surface area (Å²) in [5.41, 5.74) is 0.965. The average molecular weight is 295 g/mol. The number of nitrogens with one attached hydrogen (secondary N) is 1. The maximum absolute atomic E-state index is 11.5. The van der Waals surface area contributed by atoms with Gasteiger partial charge in [-0.3, -0.25) is 0 Å². The molecule has 1 amide bonds. The Morgan fingerprint density at radius 1 is 1.10 bits per heavy atom. The largest absolute Gasteiger partial charge is 0.445 e. The van der Waals surface area contributed by atoms with Crippen molar-refractivity contribution in [3.05, 3.63) is 35.9 Å². The van der Waals surface area contributed by atoms with Gasteiger partial charge in [-0.25, -0.2) is 4.79 Å². The van der Waals surface area contributed by atoms with Gasteiger partial charge < -0.3 is 20.3 Å². The molecule has 1 aromatic carbocycles. The molecular formula is C16H25NO4. The maximum Gasteiger partial charge on any atom is 0.407 e. The molecule has 0 aliphatic rings. The highest BCUT2D eigenvalue weighted by Gasteiger charge is 2.05. The van der Waals surface area contributed by atoms with Crippen molar-refractivity contribution in [3.63, 3.8) is 0 Å². The lowest BCUT2D eigenvalue weighted by Gasteiger charge is -2.10. The van der Waals surface area contributed by atoms with Crippen LogP contribution in [0.15, 0.2) is 30.3 Å². The van der Waals surface area contributed by atoms with Crippen molar-refractivity contribution in [1.29, 1.82) is 0 Å². The summed E-state index contributed by atoms with van der Waals surface area (Å²) in [4.78, 5) is 11.5. The maximum atomic E-state index is 11.5. The Balaban J connectivity index is 1.98. The average Bonchev–Trinajstić information content (AvgIpc) is 2.53. The van der Waals surface area contributed by atoms with E-state index in [4.69, 9.17) is 14.9 Å². The number of alkyl carbamates (subject to hydrolysis) is 1. The van der Waals surface area contributed by atoms with E-state index in [1.165, 1.54) is 0 Å². The SMILES string of the molecule is O=C(NCCCCCC(CO)CO)OCc1ccccc1. The summed E-state index contributed by atoms with van der Waals surface area (Å²) < 4.78 is 5.09. The Labute approximate surface area is 125 Å². The molecule has 0 fully saturated rings. The minimum absolute atomic E-state index is 0.0196. The third-order valence-corrected chi connectivity index (χ3v) is 3.29. The highest BCUT2D eigenvalue weighted by molar-refractivity contribution is 5.67. The van der Waals surface area contributed by atoms with E-state index in [-0.39, 0.29) is 25.7 Å². The molecule has 0 bridgehead atoms. The van der Waals surface area contributed by atoms with Gasteiger partial charge in [0, 0.05) is 25.7 Å². The van der Waals surface area contributed by atoms with Crippen molar-refractivity contribution in [2.45, 2.75) is 32.3 Å². The third kappa shape index (κ3) is 8.32. The molecule has 118 valence electrons. The number of rotatable bonds is 10. The second-order valence-electron chi connectivity index (χ2n) is 5.07. The molecule has 5 nitrogen and oxygen atoms in total. The fourth-order valence-corrected chi connectivity index (χ4v) is 1.94. The predicted molar refractivity (Wildman–Crippen MR) is 80.8 cm³/mol. The lowest BCUT2D eigenvalue weighted by Crippen LogP contribution is -2.25. The lowest BCUT2D eigenvalue weighted by atomic mass is 10.0. The molecule has 5 heteroatoms. The summed E-state index contributed by atoms with van der Waals surface area (Å²) in [5, 5.41) is 20.6. The van der Waals surface area contributed by atoms with Crippen LogP contribution in [-0.4, -0.2) is 36.1 Å². The van der Waals surface area contributed by atoms with Gasteiger partial charge in [-0.1, -0.05) is 43.2 Å².